The van der Waals surface area contributed by atoms with Crippen molar-refractivity contribution in [1.29, 1.82) is 0 Å². The molecular formula is C14H12F3N3O. The van der Waals surface area contributed by atoms with Crippen molar-refractivity contribution < 1.29 is 18.0 Å². The van der Waals surface area contributed by atoms with Gasteiger partial charge in [-0.15, -0.1) is 0 Å². The highest BCUT2D eigenvalue weighted by Crippen LogP contribution is 2.46. The molecule has 0 atom stereocenters. The molecule has 0 saturated heterocycles. The van der Waals surface area contributed by atoms with E-state index in [4.69, 9.17) is 0 Å². The molecule has 21 heavy (non-hydrogen) atoms. The van der Waals surface area contributed by atoms with Crippen LogP contribution in [0.2, 0.25) is 0 Å². The van der Waals surface area contributed by atoms with E-state index >= 15 is 0 Å². The van der Waals surface area contributed by atoms with Crippen LogP contribution in [-0.4, -0.2) is 21.9 Å². The maximum Gasteiger partial charge on any atom is 0.471 e. The fraction of sp³-hybridized carbons (Fsp3) is 0.286. The normalized spacial score (nSPS) is 16.5. The minimum absolute atomic E-state index is 0.510. The molecule has 0 bridgehead atoms. The molecule has 7 heteroatoms. The largest absolute Gasteiger partial charge is 0.471 e. The second-order valence-electron chi connectivity index (χ2n) is 5.03. The average molecular weight is 295 g/mol. The number of carbonyl (C=O) groups excluding carboxylic acids is 1. The van der Waals surface area contributed by atoms with Crippen LogP contribution in [0, 0.1) is 0 Å². The van der Waals surface area contributed by atoms with Crippen LogP contribution in [0.25, 0.3) is 5.69 Å². The first-order valence-electron chi connectivity index (χ1n) is 6.41. The van der Waals surface area contributed by atoms with E-state index in [0.29, 0.717) is 18.4 Å². The Labute approximate surface area is 118 Å². The highest BCUT2D eigenvalue weighted by Gasteiger charge is 2.50. The second-order valence-corrected chi connectivity index (χ2v) is 5.03. The summed E-state index contributed by atoms with van der Waals surface area (Å²) in [7, 11) is 0. The number of benzene rings is 1. The molecule has 1 N–H and O–H groups in total. The van der Waals surface area contributed by atoms with Crippen molar-refractivity contribution in [3.8, 4) is 5.69 Å². The predicted octanol–water partition coefficient (Wildman–Crippen LogP) is 2.54. The Bertz CT molecular complexity index is 643. The first-order valence-corrected chi connectivity index (χ1v) is 6.41. The molecule has 3 rings (SSSR count). The summed E-state index contributed by atoms with van der Waals surface area (Å²) in [6.45, 7) is 0. The number of carbonyl (C=O) groups is 1. The molecule has 1 fully saturated rings. The Hall–Kier alpha value is -2.31. The average Bonchev–Trinajstić information content (AvgIpc) is 3.02. The number of halogens is 3. The van der Waals surface area contributed by atoms with Crippen LogP contribution < -0.4 is 5.32 Å². The highest BCUT2D eigenvalue weighted by molar-refractivity contribution is 5.83. The molecule has 0 aliphatic heterocycles. The Balaban J connectivity index is 1.79. The SMILES string of the molecule is O=C(NC1(c2ccc(-n3cccn3)cc2)CC1)C(F)(F)F. The molecule has 0 spiro atoms. The molecule has 1 aliphatic rings. The summed E-state index contributed by atoms with van der Waals surface area (Å²) in [6, 6.07) is 8.76. The summed E-state index contributed by atoms with van der Waals surface area (Å²) >= 11 is 0. The van der Waals surface area contributed by atoms with Gasteiger partial charge in [-0.3, -0.25) is 4.79 Å². The number of hydrogen-bond donors (Lipinski definition) is 1. The van der Waals surface area contributed by atoms with Gasteiger partial charge in [0.25, 0.3) is 0 Å². The fourth-order valence-corrected chi connectivity index (χ4v) is 2.25. The van der Waals surface area contributed by atoms with Crippen LogP contribution >= 0.6 is 0 Å². The van der Waals surface area contributed by atoms with E-state index in [1.807, 2.05) is 0 Å². The Kier molecular flexibility index (Phi) is 3.00. The molecule has 1 heterocycles. The Morgan fingerprint density at radius 3 is 2.38 bits per heavy atom. The van der Waals surface area contributed by atoms with Crippen LogP contribution in [0.3, 0.4) is 0 Å². The van der Waals surface area contributed by atoms with Crippen LogP contribution in [0.5, 0.6) is 0 Å². The number of nitrogens with zero attached hydrogens (tertiary/aromatic N) is 2. The first-order chi connectivity index (χ1) is 9.91. The van der Waals surface area contributed by atoms with Crippen molar-refractivity contribution in [2.75, 3.05) is 0 Å². The predicted molar refractivity (Wildman–Crippen MR) is 68.7 cm³/mol. The zero-order chi connectivity index (χ0) is 15.1. The maximum absolute atomic E-state index is 12.3. The fourth-order valence-electron chi connectivity index (χ4n) is 2.25. The molecular weight excluding hydrogens is 283 g/mol. The number of amides is 1. The zero-order valence-corrected chi connectivity index (χ0v) is 10.9. The zero-order valence-electron chi connectivity index (χ0n) is 10.9. The minimum atomic E-state index is -4.86. The number of alkyl halides is 3. The molecule has 1 saturated carbocycles. The Morgan fingerprint density at radius 2 is 1.90 bits per heavy atom. The number of aromatic nitrogens is 2. The molecule has 1 amide bonds. The van der Waals surface area contributed by atoms with Gasteiger partial charge in [-0.05, 0) is 36.6 Å². The molecule has 1 aliphatic carbocycles. The van der Waals surface area contributed by atoms with Crippen molar-refractivity contribution in [1.82, 2.24) is 15.1 Å². The van der Waals surface area contributed by atoms with Crippen molar-refractivity contribution >= 4 is 5.91 Å². The number of hydrogen-bond acceptors (Lipinski definition) is 2. The van der Waals surface area contributed by atoms with Crippen LogP contribution in [0.15, 0.2) is 42.7 Å². The van der Waals surface area contributed by atoms with Gasteiger partial charge in [0.05, 0.1) is 11.2 Å². The molecule has 4 nitrogen and oxygen atoms in total. The first kappa shape index (κ1) is 13.7. The van der Waals surface area contributed by atoms with Gasteiger partial charge < -0.3 is 5.32 Å². The molecule has 110 valence electrons. The smallest absolute Gasteiger partial charge is 0.339 e. The second kappa shape index (κ2) is 4.61. The van der Waals surface area contributed by atoms with E-state index in [9.17, 15) is 18.0 Å². The van der Waals surface area contributed by atoms with Gasteiger partial charge in [-0.1, -0.05) is 12.1 Å². The lowest BCUT2D eigenvalue weighted by molar-refractivity contribution is -0.174. The third kappa shape index (κ3) is 2.63. The van der Waals surface area contributed by atoms with Crippen LogP contribution in [0.4, 0.5) is 13.2 Å². The van der Waals surface area contributed by atoms with Gasteiger partial charge in [-0.2, -0.15) is 18.3 Å². The Morgan fingerprint density at radius 1 is 1.24 bits per heavy atom. The van der Waals surface area contributed by atoms with Gasteiger partial charge in [0.2, 0.25) is 0 Å². The molecule has 1 aromatic heterocycles. The van der Waals surface area contributed by atoms with E-state index < -0.39 is 17.6 Å². The van der Waals surface area contributed by atoms with E-state index in [-0.39, 0.29) is 0 Å². The van der Waals surface area contributed by atoms with Gasteiger partial charge in [-0.25, -0.2) is 4.68 Å². The molecule has 0 unspecified atom stereocenters. The summed E-state index contributed by atoms with van der Waals surface area (Å²) in [5.41, 5.74) is 0.604. The maximum atomic E-state index is 12.3. The lowest BCUT2D eigenvalue weighted by Gasteiger charge is -2.19. The van der Waals surface area contributed by atoms with Crippen molar-refractivity contribution in [2.24, 2.45) is 0 Å². The van der Waals surface area contributed by atoms with Crippen LogP contribution in [-0.2, 0) is 10.3 Å². The highest BCUT2D eigenvalue weighted by atomic mass is 19.4. The summed E-state index contributed by atoms with van der Waals surface area (Å²) in [5.74, 6) is -1.89. The van der Waals surface area contributed by atoms with Gasteiger partial charge in [0, 0.05) is 12.4 Å². The van der Waals surface area contributed by atoms with E-state index in [0.717, 1.165) is 5.69 Å². The summed E-state index contributed by atoms with van der Waals surface area (Å²) in [6.07, 6.45) is -0.427. The summed E-state index contributed by atoms with van der Waals surface area (Å²) in [4.78, 5) is 11.1. The number of rotatable bonds is 3. The summed E-state index contributed by atoms with van der Waals surface area (Å²) < 4.78 is 38.7. The third-order valence-corrected chi connectivity index (χ3v) is 3.55. The third-order valence-electron chi connectivity index (χ3n) is 3.55. The van der Waals surface area contributed by atoms with E-state index in [1.165, 1.54) is 0 Å². The van der Waals surface area contributed by atoms with Crippen molar-refractivity contribution in [3.63, 3.8) is 0 Å². The minimum Gasteiger partial charge on any atom is -0.339 e. The lowest BCUT2D eigenvalue weighted by atomic mass is 10.0. The van der Waals surface area contributed by atoms with Gasteiger partial charge >= 0.3 is 12.1 Å². The molecule has 0 radical (unpaired) electrons. The van der Waals surface area contributed by atoms with E-state index in [2.05, 4.69) is 10.4 Å². The van der Waals surface area contributed by atoms with Crippen molar-refractivity contribution in [2.45, 2.75) is 24.6 Å². The standard InChI is InChI=1S/C14H12F3N3O/c15-14(16,17)12(21)19-13(6-7-13)10-2-4-11(5-3-10)20-9-1-8-18-20/h1-5,8-9H,6-7H2,(H,19,21). The van der Waals surface area contributed by atoms with Gasteiger partial charge in [0.15, 0.2) is 0 Å². The molecule has 2 aromatic rings. The topological polar surface area (TPSA) is 46.9 Å². The van der Waals surface area contributed by atoms with Crippen molar-refractivity contribution in [3.05, 3.63) is 48.3 Å². The lowest BCUT2D eigenvalue weighted by Crippen LogP contribution is -2.43. The molecule has 1 aromatic carbocycles. The monoisotopic (exact) mass is 295 g/mol. The van der Waals surface area contributed by atoms with Gasteiger partial charge in [0.1, 0.15) is 0 Å². The van der Waals surface area contributed by atoms with Crippen LogP contribution in [0.1, 0.15) is 18.4 Å². The summed E-state index contributed by atoms with van der Waals surface area (Å²) in [5, 5.41) is 6.16. The van der Waals surface area contributed by atoms with E-state index in [1.54, 1.807) is 47.4 Å². The number of nitrogens with one attached hydrogen (secondary N) is 1. The quantitative estimate of drug-likeness (QED) is 0.946.